The molecule has 0 radical (unpaired) electrons. The Morgan fingerprint density at radius 1 is 1.45 bits per heavy atom. The average molecular weight is 291 g/mol. The molecule has 0 aromatic carbocycles. The normalized spacial score (nSPS) is 23.1. The van der Waals surface area contributed by atoms with Crippen LogP contribution in [0.25, 0.3) is 11.2 Å². The molecule has 1 saturated carbocycles. The summed E-state index contributed by atoms with van der Waals surface area (Å²) >= 11 is 5.46. The second kappa shape index (κ2) is 5.56. The van der Waals surface area contributed by atoms with Crippen LogP contribution in [-0.4, -0.2) is 21.6 Å². The molecule has 108 valence electrons. The number of rotatable bonds is 3. The van der Waals surface area contributed by atoms with Crippen LogP contribution < -0.4 is 4.74 Å². The number of methoxy groups -OCH3 is 1. The molecule has 1 aliphatic rings. The molecule has 2 heterocycles. The minimum absolute atomic E-state index is 0.636. The second-order valence-electron chi connectivity index (χ2n) is 5.90. The predicted octanol–water partition coefficient (Wildman–Crippen LogP) is 3.93. The summed E-state index contributed by atoms with van der Waals surface area (Å²) in [7, 11) is 1.64. The summed E-state index contributed by atoms with van der Waals surface area (Å²) in [6.07, 6.45) is 5.28. The number of H-pyrrole nitrogens is 1. The van der Waals surface area contributed by atoms with Crippen molar-refractivity contribution in [2.75, 3.05) is 7.11 Å². The van der Waals surface area contributed by atoms with Crippen LogP contribution in [0.5, 0.6) is 5.88 Å². The molecule has 0 bridgehead atoms. The van der Waals surface area contributed by atoms with Gasteiger partial charge < -0.3 is 14.3 Å². The smallest absolute Gasteiger partial charge is 0.215 e. The first-order chi connectivity index (χ1) is 9.67. The van der Waals surface area contributed by atoms with E-state index < -0.39 is 0 Å². The molecule has 20 heavy (non-hydrogen) atoms. The minimum Gasteiger partial charge on any atom is -0.481 e. The highest BCUT2D eigenvalue weighted by molar-refractivity contribution is 7.71. The Morgan fingerprint density at radius 2 is 2.30 bits per heavy atom. The molecule has 1 aliphatic carbocycles. The Balaban J connectivity index is 1.93. The van der Waals surface area contributed by atoms with Crippen molar-refractivity contribution in [2.24, 2.45) is 11.8 Å². The molecule has 0 saturated heterocycles. The van der Waals surface area contributed by atoms with Crippen LogP contribution in [0.15, 0.2) is 12.1 Å². The summed E-state index contributed by atoms with van der Waals surface area (Å²) in [4.78, 5) is 7.78. The van der Waals surface area contributed by atoms with Gasteiger partial charge in [-0.05, 0) is 43.0 Å². The third-order valence-corrected chi connectivity index (χ3v) is 4.61. The Labute approximate surface area is 124 Å². The fraction of sp³-hybridized carbons (Fsp3) is 0.600. The van der Waals surface area contributed by atoms with E-state index in [0.29, 0.717) is 11.8 Å². The van der Waals surface area contributed by atoms with Crippen molar-refractivity contribution in [1.82, 2.24) is 14.5 Å². The van der Waals surface area contributed by atoms with Crippen molar-refractivity contribution in [1.29, 1.82) is 0 Å². The standard InChI is InChI=1S/C15H21N3OS/c1-10-4-3-5-11(8-10)9-18-14-12(16-15(18)20)6-7-13(17-14)19-2/h6-7,10-11H,3-5,8-9H2,1-2H3,(H,16,20). The van der Waals surface area contributed by atoms with Crippen LogP contribution in [0.3, 0.4) is 0 Å². The largest absolute Gasteiger partial charge is 0.481 e. The molecule has 3 rings (SSSR count). The van der Waals surface area contributed by atoms with Crippen molar-refractivity contribution >= 4 is 23.4 Å². The fourth-order valence-electron chi connectivity index (χ4n) is 3.28. The van der Waals surface area contributed by atoms with Gasteiger partial charge in [0.15, 0.2) is 10.4 Å². The topological polar surface area (TPSA) is 42.8 Å². The number of nitrogens with zero attached hydrogens (tertiary/aromatic N) is 2. The molecule has 2 atom stereocenters. The van der Waals surface area contributed by atoms with E-state index in [4.69, 9.17) is 17.0 Å². The summed E-state index contributed by atoms with van der Waals surface area (Å²) in [6, 6.07) is 3.84. The van der Waals surface area contributed by atoms with Crippen molar-refractivity contribution < 1.29 is 4.74 Å². The molecular formula is C15H21N3OS. The molecule has 0 amide bonds. The summed E-state index contributed by atoms with van der Waals surface area (Å²) < 4.78 is 8.12. The highest BCUT2D eigenvalue weighted by Crippen LogP contribution is 2.30. The quantitative estimate of drug-likeness (QED) is 0.871. The van der Waals surface area contributed by atoms with Gasteiger partial charge in [0.2, 0.25) is 5.88 Å². The first-order valence-electron chi connectivity index (χ1n) is 7.31. The van der Waals surface area contributed by atoms with E-state index in [-0.39, 0.29) is 0 Å². The Bertz CT molecular complexity index is 661. The summed E-state index contributed by atoms with van der Waals surface area (Å²) in [5.74, 6) is 2.17. The lowest BCUT2D eigenvalue weighted by molar-refractivity contribution is 0.257. The van der Waals surface area contributed by atoms with Gasteiger partial charge in [-0.3, -0.25) is 0 Å². The van der Waals surface area contributed by atoms with Gasteiger partial charge in [-0.15, -0.1) is 0 Å². The van der Waals surface area contributed by atoms with E-state index in [1.807, 2.05) is 12.1 Å². The Morgan fingerprint density at radius 3 is 3.05 bits per heavy atom. The van der Waals surface area contributed by atoms with E-state index in [2.05, 4.69) is 21.5 Å². The van der Waals surface area contributed by atoms with Crippen molar-refractivity contribution in [2.45, 2.75) is 39.2 Å². The van der Waals surface area contributed by atoms with Gasteiger partial charge >= 0.3 is 0 Å². The van der Waals surface area contributed by atoms with Crippen LogP contribution in [0.4, 0.5) is 0 Å². The van der Waals surface area contributed by atoms with Gasteiger partial charge in [0.05, 0.1) is 12.6 Å². The number of fused-ring (bicyclic) bond motifs is 1. The Hall–Kier alpha value is -1.36. The highest BCUT2D eigenvalue weighted by Gasteiger charge is 2.20. The zero-order valence-corrected chi connectivity index (χ0v) is 12.9. The number of hydrogen-bond acceptors (Lipinski definition) is 3. The molecule has 2 aromatic heterocycles. The molecular weight excluding hydrogens is 270 g/mol. The van der Waals surface area contributed by atoms with Gasteiger partial charge in [-0.2, -0.15) is 4.98 Å². The van der Waals surface area contributed by atoms with Gasteiger partial charge in [0, 0.05) is 12.6 Å². The highest BCUT2D eigenvalue weighted by atomic mass is 32.1. The number of hydrogen-bond donors (Lipinski definition) is 1. The molecule has 1 fully saturated rings. The van der Waals surface area contributed by atoms with E-state index in [1.54, 1.807) is 7.11 Å². The van der Waals surface area contributed by atoms with Crippen molar-refractivity contribution in [3.63, 3.8) is 0 Å². The first kappa shape index (κ1) is 13.6. The molecule has 4 nitrogen and oxygen atoms in total. The van der Waals surface area contributed by atoms with Crippen LogP contribution >= 0.6 is 12.2 Å². The average Bonchev–Trinajstić information content (AvgIpc) is 2.74. The third kappa shape index (κ3) is 2.59. The fourth-order valence-corrected chi connectivity index (χ4v) is 3.55. The number of aromatic nitrogens is 3. The molecule has 2 unspecified atom stereocenters. The zero-order chi connectivity index (χ0) is 14.1. The molecule has 2 aromatic rings. The summed E-state index contributed by atoms with van der Waals surface area (Å²) in [5.41, 5.74) is 1.90. The molecule has 0 spiro atoms. The van der Waals surface area contributed by atoms with Crippen molar-refractivity contribution in [3.8, 4) is 5.88 Å². The SMILES string of the molecule is COc1ccc2[nH]c(=S)n(CC3CCCC(C)C3)c2n1. The number of pyridine rings is 1. The van der Waals surface area contributed by atoms with Crippen LogP contribution in [0, 0.1) is 16.6 Å². The van der Waals surface area contributed by atoms with Gasteiger partial charge in [-0.25, -0.2) is 0 Å². The van der Waals surface area contributed by atoms with Gasteiger partial charge in [-0.1, -0.05) is 19.8 Å². The third-order valence-electron chi connectivity index (χ3n) is 4.29. The molecule has 5 heteroatoms. The van der Waals surface area contributed by atoms with E-state index in [0.717, 1.165) is 28.4 Å². The van der Waals surface area contributed by atoms with Crippen LogP contribution in [-0.2, 0) is 6.54 Å². The van der Waals surface area contributed by atoms with Crippen molar-refractivity contribution in [3.05, 3.63) is 16.9 Å². The summed E-state index contributed by atoms with van der Waals surface area (Å²) in [5, 5.41) is 0. The van der Waals surface area contributed by atoms with E-state index >= 15 is 0 Å². The minimum atomic E-state index is 0.636. The lowest BCUT2D eigenvalue weighted by Crippen LogP contribution is -2.18. The number of imidazole rings is 1. The Kier molecular flexibility index (Phi) is 3.78. The number of ether oxygens (including phenoxy) is 1. The first-order valence-corrected chi connectivity index (χ1v) is 7.71. The maximum Gasteiger partial charge on any atom is 0.215 e. The molecule has 1 N–H and O–H groups in total. The van der Waals surface area contributed by atoms with Gasteiger partial charge in [0.1, 0.15) is 0 Å². The lowest BCUT2D eigenvalue weighted by Gasteiger charge is -2.26. The van der Waals surface area contributed by atoms with E-state index in [1.165, 1.54) is 25.7 Å². The maximum atomic E-state index is 5.46. The molecule has 0 aliphatic heterocycles. The maximum absolute atomic E-state index is 5.46. The summed E-state index contributed by atoms with van der Waals surface area (Å²) in [6.45, 7) is 3.31. The van der Waals surface area contributed by atoms with Crippen LogP contribution in [0.2, 0.25) is 0 Å². The van der Waals surface area contributed by atoms with Crippen LogP contribution in [0.1, 0.15) is 32.6 Å². The monoisotopic (exact) mass is 291 g/mol. The second-order valence-corrected chi connectivity index (χ2v) is 6.29. The van der Waals surface area contributed by atoms with Gasteiger partial charge in [0.25, 0.3) is 0 Å². The number of nitrogens with one attached hydrogen (secondary N) is 1. The van der Waals surface area contributed by atoms with E-state index in [9.17, 15) is 0 Å². The zero-order valence-electron chi connectivity index (χ0n) is 12.1. The predicted molar refractivity (Wildman–Crippen MR) is 82.6 cm³/mol. The lowest BCUT2D eigenvalue weighted by atomic mass is 9.82. The number of aromatic amines is 1.